The van der Waals surface area contributed by atoms with E-state index in [4.69, 9.17) is 9.47 Å². The lowest BCUT2D eigenvalue weighted by molar-refractivity contribution is -0.160. The van der Waals surface area contributed by atoms with Crippen molar-refractivity contribution < 1.29 is 19.1 Å². The molecule has 0 N–H and O–H groups in total. The SMILES string of the molecule is CCCCCCC(=O)N1CCOCC1C(=O)OC. The van der Waals surface area contributed by atoms with Gasteiger partial charge in [-0.05, 0) is 6.42 Å². The molecule has 0 aliphatic carbocycles. The molecule has 1 heterocycles. The van der Waals surface area contributed by atoms with Gasteiger partial charge in [-0.2, -0.15) is 0 Å². The molecule has 1 amide bonds. The molecular formula is C13H23NO4. The van der Waals surface area contributed by atoms with Crippen LogP contribution in [0.2, 0.25) is 0 Å². The standard InChI is InChI=1S/C13H23NO4/c1-3-4-5-6-7-12(15)14-8-9-18-10-11(14)13(16)17-2/h11H,3-10H2,1-2H3. The Morgan fingerprint density at radius 2 is 2.11 bits per heavy atom. The predicted molar refractivity (Wildman–Crippen MR) is 67.1 cm³/mol. The number of ether oxygens (including phenoxy) is 2. The van der Waals surface area contributed by atoms with E-state index in [0.717, 1.165) is 25.7 Å². The molecule has 0 radical (unpaired) electrons. The Bertz CT molecular complexity index is 280. The number of carbonyl (C=O) groups is 2. The summed E-state index contributed by atoms with van der Waals surface area (Å²) in [6.07, 6.45) is 4.76. The van der Waals surface area contributed by atoms with Gasteiger partial charge in [0.15, 0.2) is 6.04 Å². The average molecular weight is 257 g/mol. The molecule has 1 unspecified atom stereocenters. The van der Waals surface area contributed by atoms with Crippen molar-refractivity contribution in [3.63, 3.8) is 0 Å². The fourth-order valence-electron chi connectivity index (χ4n) is 2.08. The van der Waals surface area contributed by atoms with Gasteiger partial charge in [-0.25, -0.2) is 4.79 Å². The lowest BCUT2D eigenvalue weighted by Gasteiger charge is -2.33. The monoisotopic (exact) mass is 257 g/mol. The number of nitrogens with zero attached hydrogens (tertiary/aromatic N) is 1. The van der Waals surface area contributed by atoms with Crippen LogP contribution in [0.5, 0.6) is 0 Å². The van der Waals surface area contributed by atoms with E-state index < -0.39 is 12.0 Å². The Labute approximate surface area is 108 Å². The highest BCUT2D eigenvalue weighted by Crippen LogP contribution is 2.12. The third-order valence-corrected chi connectivity index (χ3v) is 3.17. The number of amides is 1. The Balaban J connectivity index is 2.44. The van der Waals surface area contributed by atoms with Crippen LogP contribution in [-0.2, 0) is 19.1 Å². The summed E-state index contributed by atoms with van der Waals surface area (Å²) in [5.74, 6) is -0.360. The topological polar surface area (TPSA) is 55.8 Å². The van der Waals surface area contributed by atoms with Gasteiger partial charge < -0.3 is 14.4 Å². The summed E-state index contributed by atoms with van der Waals surface area (Å²) in [4.78, 5) is 25.2. The average Bonchev–Trinajstić information content (AvgIpc) is 2.42. The minimum Gasteiger partial charge on any atom is -0.467 e. The van der Waals surface area contributed by atoms with Crippen molar-refractivity contribution >= 4 is 11.9 Å². The normalized spacial score (nSPS) is 19.7. The first-order valence-corrected chi connectivity index (χ1v) is 6.65. The molecule has 0 spiro atoms. The Morgan fingerprint density at radius 1 is 1.33 bits per heavy atom. The zero-order valence-electron chi connectivity index (χ0n) is 11.3. The van der Waals surface area contributed by atoms with Crippen molar-refractivity contribution in [3.8, 4) is 0 Å². The summed E-state index contributed by atoms with van der Waals surface area (Å²) in [5, 5.41) is 0. The molecule has 1 saturated heterocycles. The van der Waals surface area contributed by atoms with Gasteiger partial charge in [0.2, 0.25) is 5.91 Å². The molecular weight excluding hydrogens is 234 g/mol. The smallest absolute Gasteiger partial charge is 0.331 e. The molecule has 104 valence electrons. The van der Waals surface area contributed by atoms with Gasteiger partial charge in [0.25, 0.3) is 0 Å². The molecule has 1 aliphatic rings. The number of morpholine rings is 1. The lowest BCUT2D eigenvalue weighted by atomic mass is 10.1. The number of hydrogen-bond acceptors (Lipinski definition) is 4. The zero-order valence-corrected chi connectivity index (χ0v) is 11.3. The predicted octanol–water partition coefficient (Wildman–Crippen LogP) is 1.36. The molecule has 1 atom stereocenters. The summed E-state index contributed by atoms with van der Waals surface area (Å²) in [6.45, 7) is 3.35. The van der Waals surface area contributed by atoms with Crippen molar-refractivity contribution in [2.45, 2.75) is 45.1 Å². The maximum Gasteiger partial charge on any atom is 0.331 e. The van der Waals surface area contributed by atoms with Gasteiger partial charge in [-0.1, -0.05) is 26.2 Å². The van der Waals surface area contributed by atoms with E-state index in [2.05, 4.69) is 6.92 Å². The summed E-state index contributed by atoms with van der Waals surface area (Å²) >= 11 is 0. The molecule has 18 heavy (non-hydrogen) atoms. The third-order valence-electron chi connectivity index (χ3n) is 3.17. The van der Waals surface area contributed by atoms with Crippen LogP contribution in [0.1, 0.15) is 39.0 Å². The molecule has 0 bridgehead atoms. The summed E-state index contributed by atoms with van der Waals surface area (Å²) in [7, 11) is 1.33. The van der Waals surface area contributed by atoms with E-state index >= 15 is 0 Å². The van der Waals surface area contributed by atoms with Crippen LogP contribution in [0.4, 0.5) is 0 Å². The van der Waals surface area contributed by atoms with Crippen molar-refractivity contribution in [1.82, 2.24) is 4.90 Å². The van der Waals surface area contributed by atoms with Crippen LogP contribution < -0.4 is 0 Å². The molecule has 1 aliphatic heterocycles. The molecule has 5 heteroatoms. The summed E-state index contributed by atoms with van der Waals surface area (Å²) < 4.78 is 9.93. The number of esters is 1. The van der Waals surface area contributed by atoms with E-state index in [9.17, 15) is 9.59 Å². The van der Waals surface area contributed by atoms with Crippen LogP contribution in [0.15, 0.2) is 0 Å². The first kappa shape index (κ1) is 15.0. The van der Waals surface area contributed by atoms with Gasteiger partial charge in [-0.15, -0.1) is 0 Å². The first-order valence-electron chi connectivity index (χ1n) is 6.65. The molecule has 1 fully saturated rings. The van der Waals surface area contributed by atoms with Gasteiger partial charge in [0, 0.05) is 13.0 Å². The highest BCUT2D eigenvalue weighted by atomic mass is 16.5. The van der Waals surface area contributed by atoms with Gasteiger partial charge in [-0.3, -0.25) is 4.79 Å². The highest BCUT2D eigenvalue weighted by Gasteiger charge is 2.33. The molecule has 0 aromatic carbocycles. The number of methoxy groups -OCH3 is 1. The van der Waals surface area contributed by atoms with E-state index in [0.29, 0.717) is 19.6 Å². The first-order chi connectivity index (χ1) is 8.70. The molecule has 5 nitrogen and oxygen atoms in total. The van der Waals surface area contributed by atoms with Crippen molar-refractivity contribution in [2.24, 2.45) is 0 Å². The Morgan fingerprint density at radius 3 is 2.78 bits per heavy atom. The van der Waals surface area contributed by atoms with E-state index in [-0.39, 0.29) is 12.5 Å². The van der Waals surface area contributed by atoms with Gasteiger partial charge >= 0.3 is 5.97 Å². The highest BCUT2D eigenvalue weighted by molar-refractivity contribution is 5.84. The molecule has 1 rings (SSSR count). The van der Waals surface area contributed by atoms with Gasteiger partial charge in [0.1, 0.15) is 0 Å². The number of unbranched alkanes of at least 4 members (excludes halogenated alkanes) is 3. The largest absolute Gasteiger partial charge is 0.467 e. The third kappa shape index (κ3) is 4.29. The maximum absolute atomic E-state index is 12.1. The lowest BCUT2D eigenvalue weighted by Crippen LogP contribution is -2.52. The second kappa shape index (κ2) is 8.08. The second-order valence-electron chi connectivity index (χ2n) is 4.51. The van der Waals surface area contributed by atoms with Crippen molar-refractivity contribution in [3.05, 3.63) is 0 Å². The van der Waals surface area contributed by atoms with Crippen LogP contribution >= 0.6 is 0 Å². The van der Waals surface area contributed by atoms with Crippen LogP contribution in [-0.4, -0.2) is 49.7 Å². The van der Waals surface area contributed by atoms with Crippen molar-refractivity contribution in [1.29, 1.82) is 0 Å². The number of carbonyl (C=O) groups excluding carboxylic acids is 2. The fraction of sp³-hybridized carbons (Fsp3) is 0.846. The molecule has 0 aromatic rings. The van der Waals surface area contributed by atoms with E-state index in [1.807, 2.05) is 0 Å². The van der Waals surface area contributed by atoms with Crippen LogP contribution in [0.25, 0.3) is 0 Å². The van der Waals surface area contributed by atoms with Crippen molar-refractivity contribution in [2.75, 3.05) is 26.9 Å². The minimum atomic E-state index is -0.567. The second-order valence-corrected chi connectivity index (χ2v) is 4.51. The minimum absolute atomic E-state index is 0.0322. The Kier molecular flexibility index (Phi) is 6.72. The van der Waals surface area contributed by atoms with E-state index in [1.54, 1.807) is 4.90 Å². The molecule has 0 saturated carbocycles. The number of rotatable bonds is 6. The Hall–Kier alpha value is -1.10. The molecule has 0 aromatic heterocycles. The van der Waals surface area contributed by atoms with Gasteiger partial charge in [0.05, 0.1) is 20.3 Å². The maximum atomic E-state index is 12.1. The zero-order chi connectivity index (χ0) is 13.4. The van der Waals surface area contributed by atoms with Crippen LogP contribution in [0.3, 0.4) is 0 Å². The fourth-order valence-corrected chi connectivity index (χ4v) is 2.08. The van der Waals surface area contributed by atoms with Crippen LogP contribution in [0, 0.1) is 0 Å². The van der Waals surface area contributed by atoms with E-state index in [1.165, 1.54) is 7.11 Å². The quantitative estimate of drug-likeness (QED) is 0.532. The number of hydrogen-bond donors (Lipinski definition) is 0. The summed E-state index contributed by atoms with van der Waals surface area (Å²) in [5.41, 5.74) is 0. The summed E-state index contributed by atoms with van der Waals surface area (Å²) in [6, 6.07) is -0.567.